The Hall–Kier alpha value is -3.36. The second-order valence-electron chi connectivity index (χ2n) is 6.22. The fraction of sp³-hybridized carbons (Fsp3) is 0.250. The van der Waals surface area contributed by atoms with Crippen molar-refractivity contribution < 1.29 is 32.3 Å². The number of benzene rings is 2. The van der Waals surface area contributed by atoms with Crippen LogP contribution in [0.25, 0.3) is 0 Å². The third-order valence-corrected chi connectivity index (χ3v) is 3.79. The number of nitrogens with one attached hydrogen (secondary N) is 2. The van der Waals surface area contributed by atoms with E-state index in [2.05, 4.69) is 10.6 Å². The van der Waals surface area contributed by atoms with Gasteiger partial charge in [0.25, 0.3) is 5.91 Å². The number of amides is 2. The number of esters is 1. The first kappa shape index (κ1) is 21.9. The summed E-state index contributed by atoms with van der Waals surface area (Å²) < 4.78 is 44.0. The molecule has 2 rings (SSSR count). The van der Waals surface area contributed by atoms with E-state index in [9.17, 15) is 27.6 Å². The van der Waals surface area contributed by atoms with Crippen LogP contribution in [-0.2, 0) is 31.7 Å². The number of anilines is 2. The molecule has 0 saturated heterocycles. The zero-order valence-corrected chi connectivity index (χ0v) is 15.7. The van der Waals surface area contributed by atoms with Gasteiger partial charge in [-0.1, -0.05) is 24.3 Å². The number of hydrogen-bond acceptors (Lipinski definition) is 4. The number of hydrogen-bond donors (Lipinski definition) is 2. The van der Waals surface area contributed by atoms with E-state index in [4.69, 9.17) is 4.74 Å². The maximum atomic E-state index is 13.0. The van der Waals surface area contributed by atoms with Gasteiger partial charge >= 0.3 is 12.1 Å². The molecule has 0 heterocycles. The first-order valence-corrected chi connectivity index (χ1v) is 8.59. The molecule has 0 aliphatic carbocycles. The largest absolute Gasteiger partial charge is 0.452 e. The molecule has 0 aliphatic rings. The van der Waals surface area contributed by atoms with Gasteiger partial charge < -0.3 is 15.4 Å². The van der Waals surface area contributed by atoms with Crippen LogP contribution in [0.15, 0.2) is 48.5 Å². The van der Waals surface area contributed by atoms with Crippen LogP contribution < -0.4 is 10.6 Å². The molecule has 29 heavy (non-hydrogen) atoms. The molecule has 0 unspecified atom stereocenters. The zero-order chi connectivity index (χ0) is 21.6. The summed E-state index contributed by atoms with van der Waals surface area (Å²) >= 11 is 0. The molecule has 2 amide bonds. The highest BCUT2D eigenvalue weighted by Crippen LogP contribution is 2.34. The van der Waals surface area contributed by atoms with Crippen LogP contribution in [0.4, 0.5) is 24.5 Å². The van der Waals surface area contributed by atoms with Crippen LogP contribution in [0.5, 0.6) is 0 Å². The highest BCUT2D eigenvalue weighted by molar-refractivity contribution is 5.96. The molecule has 0 spiro atoms. The minimum absolute atomic E-state index is 0.142. The number of alkyl halides is 3. The number of rotatable bonds is 6. The van der Waals surface area contributed by atoms with E-state index in [0.29, 0.717) is 11.3 Å². The molecule has 0 bridgehead atoms. The Morgan fingerprint density at radius 1 is 1.00 bits per heavy atom. The fourth-order valence-electron chi connectivity index (χ4n) is 2.44. The molecule has 0 saturated carbocycles. The maximum Gasteiger partial charge on any atom is 0.418 e. The summed E-state index contributed by atoms with van der Waals surface area (Å²) in [5, 5.41) is 4.72. The van der Waals surface area contributed by atoms with Gasteiger partial charge in [0, 0.05) is 12.6 Å². The highest BCUT2D eigenvalue weighted by atomic mass is 19.4. The van der Waals surface area contributed by atoms with E-state index in [-0.39, 0.29) is 12.3 Å². The first-order valence-electron chi connectivity index (χ1n) is 8.59. The molecular weight excluding hydrogens is 389 g/mol. The van der Waals surface area contributed by atoms with Crippen molar-refractivity contribution in [2.75, 3.05) is 10.6 Å². The Morgan fingerprint density at radius 2 is 1.62 bits per heavy atom. The monoisotopic (exact) mass is 408 g/mol. The van der Waals surface area contributed by atoms with Crippen molar-refractivity contribution in [1.82, 2.24) is 0 Å². The van der Waals surface area contributed by atoms with Gasteiger partial charge in [-0.25, -0.2) is 0 Å². The molecule has 154 valence electrons. The van der Waals surface area contributed by atoms with Crippen molar-refractivity contribution in [3.8, 4) is 0 Å². The Kier molecular flexibility index (Phi) is 6.98. The van der Waals surface area contributed by atoms with E-state index in [1.54, 1.807) is 24.3 Å². The molecule has 0 radical (unpaired) electrons. The normalized spacial score (nSPS) is 12.0. The van der Waals surface area contributed by atoms with E-state index in [1.165, 1.54) is 26.0 Å². The van der Waals surface area contributed by atoms with E-state index >= 15 is 0 Å². The quantitative estimate of drug-likeness (QED) is 0.713. The number of halogens is 3. The van der Waals surface area contributed by atoms with Gasteiger partial charge in [0.1, 0.15) is 0 Å². The summed E-state index contributed by atoms with van der Waals surface area (Å²) in [6.07, 6.45) is -6.06. The van der Waals surface area contributed by atoms with Crippen molar-refractivity contribution in [2.45, 2.75) is 32.5 Å². The standard InChI is InChI=1S/C20H19F3N2O4/c1-12(19(28)25-17-6-4-3-5-16(17)20(21,22)23)29-18(27)11-14-7-9-15(10-8-14)24-13(2)26/h3-10,12H,11H2,1-2H3,(H,24,26)(H,25,28)/t12-/m1/s1. The van der Waals surface area contributed by atoms with Crippen LogP contribution in [0.2, 0.25) is 0 Å². The summed E-state index contributed by atoms with van der Waals surface area (Å²) in [5.41, 5.74) is -0.266. The summed E-state index contributed by atoms with van der Waals surface area (Å²) in [4.78, 5) is 35.1. The molecule has 0 fully saturated rings. The zero-order valence-electron chi connectivity index (χ0n) is 15.7. The lowest BCUT2D eigenvalue weighted by molar-refractivity contribution is -0.152. The minimum atomic E-state index is -4.63. The van der Waals surface area contributed by atoms with Crippen LogP contribution in [0, 0.1) is 0 Å². The first-order chi connectivity index (χ1) is 13.6. The molecule has 0 aromatic heterocycles. The third-order valence-electron chi connectivity index (χ3n) is 3.79. The smallest absolute Gasteiger partial charge is 0.418 e. The van der Waals surface area contributed by atoms with Crippen molar-refractivity contribution in [3.63, 3.8) is 0 Å². The Bertz CT molecular complexity index is 895. The van der Waals surface area contributed by atoms with Gasteiger partial charge in [0.15, 0.2) is 6.10 Å². The van der Waals surface area contributed by atoms with Crippen LogP contribution in [-0.4, -0.2) is 23.9 Å². The van der Waals surface area contributed by atoms with Crippen molar-refractivity contribution in [2.24, 2.45) is 0 Å². The molecular formula is C20H19F3N2O4. The molecule has 1 atom stereocenters. The highest BCUT2D eigenvalue weighted by Gasteiger charge is 2.34. The maximum absolute atomic E-state index is 13.0. The Morgan fingerprint density at radius 3 is 2.21 bits per heavy atom. The topological polar surface area (TPSA) is 84.5 Å². The lowest BCUT2D eigenvalue weighted by atomic mass is 10.1. The second-order valence-corrected chi connectivity index (χ2v) is 6.22. The average Bonchev–Trinajstić information content (AvgIpc) is 2.62. The molecule has 9 heteroatoms. The predicted molar refractivity (Wildman–Crippen MR) is 100 cm³/mol. The van der Waals surface area contributed by atoms with Gasteiger partial charge in [-0.2, -0.15) is 13.2 Å². The van der Waals surface area contributed by atoms with Gasteiger partial charge in [-0.05, 0) is 36.8 Å². The van der Waals surface area contributed by atoms with Crippen molar-refractivity contribution in [1.29, 1.82) is 0 Å². The Labute approximate surface area is 165 Å². The molecule has 0 aliphatic heterocycles. The number of ether oxygens (including phenoxy) is 1. The fourth-order valence-corrected chi connectivity index (χ4v) is 2.44. The van der Waals surface area contributed by atoms with Crippen molar-refractivity contribution >= 4 is 29.2 Å². The summed E-state index contributed by atoms with van der Waals surface area (Å²) in [6, 6.07) is 10.9. The number of carbonyl (C=O) groups is 3. The minimum Gasteiger partial charge on any atom is -0.452 e. The summed E-state index contributed by atoms with van der Waals surface area (Å²) in [7, 11) is 0. The molecule has 2 N–H and O–H groups in total. The lowest BCUT2D eigenvalue weighted by Crippen LogP contribution is -2.31. The van der Waals surface area contributed by atoms with Gasteiger partial charge in [-0.3, -0.25) is 14.4 Å². The van der Waals surface area contributed by atoms with Gasteiger partial charge in [0.05, 0.1) is 17.7 Å². The molecule has 2 aromatic rings. The van der Waals surface area contributed by atoms with Gasteiger partial charge in [0.2, 0.25) is 5.91 Å². The van der Waals surface area contributed by atoms with E-state index in [0.717, 1.165) is 12.1 Å². The van der Waals surface area contributed by atoms with Crippen LogP contribution >= 0.6 is 0 Å². The number of para-hydroxylation sites is 1. The van der Waals surface area contributed by atoms with Gasteiger partial charge in [-0.15, -0.1) is 0 Å². The summed E-state index contributed by atoms with van der Waals surface area (Å²) in [5.74, 6) is -1.83. The SMILES string of the molecule is CC(=O)Nc1ccc(CC(=O)O[C@H](C)C(=O)Nc2ccccc2C(F)(F)F)cc1. The van der Waals surface area contributed by atoms with Crippen molar-refractivity contribution in [3.05, 3.63) is 59.7 Å². The lowest BCUT2D eigenvalue weighted by Gasteiger charge is -2.17. The predicted octanol–water partition coefficient (Wildman–Crippen LogP) is 3.78. The number of carbonyl (C=O) groups excluding carboxylic acids is 3. The Balaban J connectivity index is 1.94. The van der Waals surface area contributed by atoms with E-state index < -0.39 is 35.4 Å². The van der Waals surface area contributed by atoms with Crippen LogP contribution in [0.1, 0.15) is 25.0 Å². The third kappa shape index (κ3) is 6.63. The summed E-state index contributed by atoms with van der Waals surface area (Å²) in [6.45, 7) is 2.63. The molecule has 6 nitrogen and oxygen atoms in total. The molecule has 2 aromatic carbocycles. The average molecular weight is 408 g/mol. The van der Waals surface area contributed by atoms with E-state index in [1.807, 2.05) is 0 Å². The second kappa shape index (κ2) is 9.22. The van der Waals surface area contributed by atoms with Crippen LogP contribution in [0.3, 0.4) is 0 Å².